The summed E-state index contributed by atoms with van der Waals surface area (Å²) in [7, 11) is 1.77. The summed E-state index contributed by atoms with van der Waals surface area (Å²) in [6, 6.07) is 5.62. The zero-order valence-electron chi connectivity index (χ0n) is 10.7. The van der Waals surface area contributed by atoms with E-state index in [0.717, 1.165) is 29.6 Å². The Kier molecular flexibility index (Phi) is 3.13. The van der Waals surface area contributed by atoms with Gasteiger partial charge in [-0.05, 0) is 31.0 Å². The molecule has 19 heavy (non-hydrogen) atoms. The number of anilines is 1. The number of nitrogens with zero attached hydrogens (tertiary/aromatic N) is 3. The first kappa shape index (κ1) is 12.0. The van der Waals surface area contributed by atoms with Crippen molar-refractivity contribution in [3.8, 4) is 0 Å². The maximum Gasteiger partial charge on any atom is 0.255 e. The van der Waals surface area contributed by atoms with Crippen LogP contribution in [0.2, 0.25) is 0 Å². The van der Waals surface area contributed by atoms with Crippen LogP contribution in [0.3, 0.4) is 0 Å². The molecule has 1 aromatic carbocycles. The van der Waals surface area contributed by atoms with Gasteiger partial charge in [0.1, 0.15) is 6.10 Å². The van der Waals surface area contributed by atoms with Crippen LogP contribution >= 0.6 is 0 Å². The fourth-order valence-corrected chi connectivity index (χ4v) is 2.28. The maximum atomic E-state index is 12.2. The van der Waals surface area contributed by atoms with Crippen molar-refractivity contribution < 1.29 is 9.53 Å². The lowest BCUT2D eigenvalue weighted by molar-refractivity contribution is -0.127. The SMILES string of the molecule is CN(C(=O)C1CCCO1)c1ccc2nccnc2c1. The van der Waals surface area contributed by atoms with Crippen LogP contribution < -0.4 is 4.90 Å². The van der Waals surface area contributed by atoms with Gasteiger partial charge >= 0.3 is 0 Å². The van der Waals surface area contributed by atoms with Crippen LogP contribution in [0.25, 0.3) is 11.0 Å². The number of ether oxygens (including phenoxy) is 1. The third-order valence-electron chi connectivity index (χ3n) is 3.38. The summed E-state index contributed by atoms with van der Waals surface area (Å²) < 4.78 is 5.43. The van der Waals surface area contributed by atoms with E-state index in [1.165, 1.54) is 0 Å². The molecule has 0 saturated carbocycles. The summed E-state index contributed by atoms with van der Waals surface area (Å²) in [5, 5.41) is 0. The van der Waals surface area contributed by atoms with Gasteiger partial charge < -0.3 is 9.64 Å². The Balaban J connectivity index is 1.88. The van der Waals surface area contributed by atoms with Crippen molar-refractivity contribution in [3.63, 3.8) is 0 Å². The molecule has 1 fully saturated rings. The molecule has 2 heterocycles. The minimum atomic E-state index is -0.303. The molecule has 1 saturated heterocycles. The quantitative estimate of drug-likeness (QED) is 0.822. The van der Waals surface area contributed by atoms with Gasteiger partial charge in [0, 0.05) is 31.7 Å². The van der Waals surface area contributed by atoms with E-state index >= 15 is 0 Å². The smallest absolute Gasteiger partial charge is 0.255 e. The molecule has 1 amide bonds. The van der Waals surface area contributed by atoms with Gasteiger partial charge in [-0.25, -0.2) is 0 Å². The topological polar surface area (TPSA) is 55.3 Å². The highest BCUT2D eigenvalue weighted by Crippen LogP contribution is 2.21. The van der Waals surface area contributed by atoms with E-state index in [2.05, 4.69) is 9.97 Å². The minimum absolute atomic E-state index is 0.000685. The highest BCUT2D eigenvalue weighted by Gasteiger charge is 2.27. The largest absolute Gasteiger partial charge is 0.368 e. The average Bonchev–Trinajstić information content (AvgIpc) is 2.99. The molecule has 1 aromatic heterocycles. The van der Waals surface area contributed by atoms with E-state index in [1.807, 2.05) is 18.2 Å². The zero-order valence-corrected chi connectivity index (χ0v) is 10.7. The standard InChI is InChI=1S/C14H15N3O2/c1-17(14(18)13-3-2-8-19-13)10-4-5-11-12(9-10)16-7-6-15-11/h4-7,9,13H,2-3,8H2,1H3. The number of carbonyl (C=O) groups excluding carboxylic acids is 1. The van der Waals surface area contributed by atoms with Crippen LogP contribution in [0, 0.1) is 0 Å². The Hall–Kier alpha value is -2.01. The number of amides is 1. The van der Waals surface area contributed by atoms with Crippen LogP contribution in [0.5, 0.6) is 0 Å². The normalized spacial score (nSPS) is 18.7. The Bertz CT molecular complexity index is 608. The summed E-state index contributed by atoms with van der Waals surface area (Å²) in [5.74, 6) is 0.000685. The number of carbonyl (C=O) groups is 1. The summed E-state index contributed by atoms with van der Waals surface area (Å²) in [5.41, 5.74) is 2.42. The molecule has 0 aliphatic carbocycles. The molecule has 0 N–H and O–H groups in total. The van der Waals surface area contributed by atoms with Gasteiger partial charge in [-0.2, -0.15) is 0 Å². The third kappa shape index (κ3) is 2.29. The Morgan fingerprint density at radius 1 is 1.32 bits per heavy atom. The van der Waals surface area contributed by atoms with Crippen LogP contribution in [-0.4, -0.2) is 35.6 Å². The third-order valence-corrected chi connectivity index (χ3v) is 3.38. The average molecular weight is 257 g/mol. The fourth-order valence-electron chi connectivity index (χ4n) is 2.28. The Morgan fingerprint density at radius 2 is 2.11 bits per heavy atom. The van der Waals surface area contributed by atoms with Crippen molar-refractivity contribution in [3.05, 3.63) is 30.6 Å². The number of rotatable bonds is 2. The lowest BCUT2D eigenvalue weighted by atomic mass is 10.2. The van der Waals surface area contributed by atoms with E-state index in [9.17, 15) is 4.79 Å². The number of hydrogen-bond acceptors (Lipinski definition) is 4. The number of hydrogen-bond donors (Lipinski definition) is 0. The second kappa shape index (κ2) is 4.93. The molecule has 1 aliphatic rings. The van der Waals surface area contributed by atoms with E-state index in [0.29, 0.717) is 6.61 Å². The summed E-state index contributed by atoms with van der Waals surface area (Å²) in [6.07, 6.45) is 4.75. The van der Waals surface area contributed by atoms with Crippen molar-refractivity contribution in [1.29, 1.82) is 0 Å². The van der Waals surface area contributed by atoms with Gasteiger partial charge in [-0.15, -0.1) is 0 Å². The van der Waals surface area contributed by atoms with Crippen LogP contribution in [0.4, 0.5) is 5.69 Å². The van der Waals surface area contributed by atoms with Crippen molar-refractivity contribution in [2.75, 3.05) is 18.6 Å². The van der Waals surface area contributed by atoms with E-state index in [-0.39, 0.29) is 12.0 Å². The highest BCUT2D eigenvalue weighted by molar-refractivity contribution is 5.97. The van der Waals surface area contributed by atoms with Gasteiger partial charge in [0.25, 0.3) is 5.91 Å². The number of aromatic nitrogens is 2. The molecule has 1 aliphatic heterocycles. The first-order chi connectivity index (χ1) is 9.25. The lowest BCUT2D eigenvalue weighted by Crippen LogP contribution is -2.36. The fraction of sp³-hybridized carbons (Fsp3) is 0.357. The summed E-state index contributed by atoms with van der Waals surface area (Å²) in [4.78, 5) is 22.3. The van der Waals surface area contributed by atoms with Gasteiger partial charge in [0.05, 0.1) is 11.0 Å². The Morgan fingerprint density at radius 3 is 2.84 bits per heavy atom. The highest BCUT2D eigenvalue weighted by atomic mass is 16.5. The van der Waals surface area contributed by atoms with E-state index in [4.69, 9.17) is 4.74 Å². The van der Waals surface area contributed by atoms with Crippen molar-refractivity contribution in [2.24, 2.45) is 0 Å². The molecule has 1 unspecified atom stereocenters. The molecule has 5 heteroatoms. The molecule has 2 aromatic rings. The van der Waals surface area contributed by atoms with Gasteiger partial charge in [-0.3, -0.25) is 14.8 Å². The van der Waals surface area contributed by atoms with E-state index in [1.54, 1.807) is 24.3 Å². The second-order valence-electron chi connectivity index (χ2n) is 4.63. The molecule has 1 atom stereocenters. The van der Waals surface area contributed by atoms with Crippen LogP contribution in [-0.2, 0) is 9.53 Å². The first-order valence-corrected chi connectivity index (χ1v) is 6.35. The maximum absolute atomic E-state index is 12.2. The number of benzene rings is 1. The van der Waals surface area contributed by atoms with Crippen molar-refractivity contribution >= 4 is 22.6 Å². The molecular formula is C14H15N3O2. The van der Waals surface area contributed by atoms with Gasteiger partial charge in [0.2, 0.25) is 0 Å². The van der Waals surface area contributed by atoms with E-state index < -0.39 is 0 Å². The number of likely N-dealkylation sites (N-methyl/N-ethyl adjacent to an activating group) is 1. The molecule has 3 rings (SSSR count). The van der Waals surface area contributed by atoms with Crippen LogP contribution in [0.1, 0.15) is 12.8 Å². The molecule has 5 nitrogen and oxygen atoms in total. The molecule has 0 bridgehead atoms. The predicted octanol–water partition coefficient (Wildman–Crippen LogP) is 1.77. The van der Waals surface area contributed by atoms with Gasteiger partial charge in [0.15, 0.2) is 0 Å². The Labute approximate surface area is 111 Å². The zero-order chi connectivity index (χ0) is 13.2. The monoisotopic (exact) mass is 257 g/mol. The molecule has 98 valence electrons. The summed E-state index contributed by atoms with van der Waals surface area (Å²) >= 11 is 0. The molecule has 0 spiro atoms. The summed E-state index contributed by atoms with van der Waals surface area (Å²) in [6.45, 7) is 0.674. The van der Waals surface area contributed by atoms with Crippen molar-refractivity contribution in [2.45, 2.75) is 18.9 Å². The second-order valence-corrected chi connectivity index (χ2v) is 4.63. The van der Waals surface area contributed by atoms with Crippen LogP contribution in [0.15, 0.2) is 30.6 Å². The molecule has 0 radical (unpaired) electrons. The lowest BCUT2D eigenvalue weighted by Gasteiger charge is -2.20. The molecular weight excluding hydrogens is 242 g/mol. The van der Waals surface area contributed by atoms with Crippen molar-refractivity contribution in [1.82, 2.24) is 9.97 Å². The first-order valence-electron chi connectivity index (χ1n) is 6.35. The van der Waals surface area contributed by atoms with Gasteiger partial charge in [-0.1, -0.05) is 0 Å². The minimum Gasteiger partial charge on any atom is -0.368 e. The number of fused-ring (bicyclic) bond motifs is 1. The predicted molar refractivity (Wildman–Crippen MR) is 71.9 cm³/mol.